The van der Waals surface area contributed by atoms with Gasteiger partial charge in [-0.1, -0.05) is 12.2 Å². The first-order valence-corrected chi connectivity index (χ1v) is 5.42. The van der Waals surface area contributed by atoms with Crippen molar-refractivity contribution in [2.45, 2.75) is 25.3 Å². The molecule has 4 nitrogen and oxygen atoms in total. The van der Waals surface area contributed by atoms with E-state index in [-0.39, 0.29) is 11.9 Å². The predicted molar refractivity (Wildman–Crippen MR) is 59.3 cm³/mol. The van der Waals surface area contributed by atoms with Gasteiger partial charge in [0.25, 0.3) is 0 Å². The van der Waals surface area contributed by atoms with Crippen LogP contribution in [0.4, 0.5) is 0 Å². The third-order valence-electron chi connectivity index (χ3n) is 2.76. The van der Waals surface area contributed by atoms with Gasteiger partial charge in [0.1, 0.15) is 0 Å². The highest BCUT2D eigenvalue weighted by Gasteiger charge is 2.25. The van der Waals surface area contributed by atoms with E-state index < -0.39 is 0 Å². The molecule has 4 heteroatoms. The van der Waals surface area contributed by atoms with Gasteiger partial charge in [0.2, 0.25) is 5.91 Å². The second-order valence-corrected chi connectivity index (χ2v) is 3.87. The highest BCUT2D eigenvalue weighted by molar-refractivity contribution is 5.80. The molecule has 0 fully saturated rings. The first kappa shape index (κ1) is 12.2. The zero-order chi connectivity index (χ0) is 11.1. The molecule has 2 atom stereocenters. The van der Waals surface area contributed by atoms with Crippen LogP contribution in [0.15, 0.2) is 12.2 Å². The zero-order valence-electron chi connectivity index (χ0n) is 9.24. The summed E-state index contributed by atoms with van der Waals surface area (Å²) in [4.78, 5) is 11.3. The summed E-state index contributed by atoms with van der Waals surface area (Å²) >= 11 is 0. The summed E-state index contributed by atoms with van der Waals surface area (Å²) in [6.45, 7) is 1.27. The molecule has 1 rings (SSSR count). The van der Waals surface area contributed by atoms with Gasteiger partial charge in [0, 0.05) is 13.7 Å². The van der Waals surface area contributed by atoms with Crippen molar-refractivity contribution in [1.29, 1.82) is 0 Å². The quantitative estimate of drug-likeness (QED) is 0.496. The zero-order valence-corrected chi connectivity index (χ0v) is 9.24. The van der Waals surface area contributed by atoms with E-state index in [1.54, 1.807) is 7.11 Å². The van der Waals surface area contributed by atoms with E-state index in [1.807, 2.05) is 0 Å². The van der Waals surface area contributed by atoms with Gasteiger partial charge in [0.05, 0.1) is 12.6 Å². The third kappa shape index (κ3) is 4.01. The van der Waals surface area contributed by atoms with E-state index in [0.717, 1.165) is 19.3 Å². The molecule has 0 spiro atoms. The molecule has 1 aliphatic carbocycles. The molecule has 0 saturated carbocycles. The molecule has 0 aliphatic heterocycles. The maximum atomic E-state index is 11.3. The van der Waals surface area contributed by atoms with Crippen LogP contribution in [0, 0.1) is 5.92 Å². The Morgan fingerprint density at radius 1 is 1.67 bits per heavy atom. The minimum absolute atomic E-state index is 0.218. The maximum absolute atomic E-state index is 11.3. The van der Waals surface area contributed by atoms with Crippen molar-refractivity contribution in [1.82, 2.24) is 5.32 Å². The number of allylic oxidation sites excluding steroid dienone is 2. The Balaban J connectivity index is 2.42. The fourth-order valence-electron chi connectivity index (χ4n) is 1.94. The van der Waals surface area contributed by atoms with E-state index in [4.69, 9.17) is 10.5 Å². The lowest BCUT2D eigenvalue weighted by molar-refractivity contribution is -0.121. The molecule has 0 radical (unpaired) electrons. The van der Waals surface area contributed by atoms with E-state index in [1.165, 1.54) is 0 Å². The van der Waals surface area contributed by atoms with E-state index >= 15 is 0 Å². The Kier molecular flexibility index (Phi) is 5.36. The molecule has 0 bridgehead atoms. The summed E-state index contributed by atoms with van der Waals surface area (Å²) in [5.41, 5.74) is 5.38. The summed E-state index contributed by atoms with van der Waals surface area (Å²) in [6, 6.07) is -0.218. The number of nitrogens with one attached hydrogen (secondary N) is 1. The topological polar surface area (TPSA) is 64.3 Å². The van der Waals surface area contributed by atoms with Gasteiger partial charge in [-0.05, 0) is 25.2 Å². The third-order valence-corrected chi connectivity index (χ3v) is 2.76. The normalized spacial score (nSPS) is 22.6. The summed E-state index contributed by atoms with van der Waals surface area (Å²) in [7, 11) is 1.64. The van der Waals surface area contributed by atoms with Gasteiger partial charge in [-0.15, -0.1) is 0 Å². The number of carbonyl (C=O) groups excluding carboxylic acids is 1. The van der Waals surface area contributed by atoms with E-state index in [2.05, 4.69) is 17.5 Å². The molecule has 1 aliphatic rings. The van der Waals surface area contributed by atoms with Gasteiger partial charge in [-0.3, -0.25) is 4.79 Å². The number of ether oxygens (including phenoxy) is 1. The fourth-order valence-corrected chi connectivity index (χ4v) is 1.94. The lowest BCUT2D eigenvalue weighted by Gasteiger charge is -2.26. The molecule has 0 saturated heterocycles. The van der Waals surface area contributed by atoms with Gasteiger partial charge in [-0.2, -0.15) is 0 Å². The number of hydrogen-bond acceptors (Lipinski definition) is 3. The minimum Gasteiger partial charge on any atom is -0.383 e. The minimum atomic E-state index is -0.258. The lowest BCUT2D eigenvalue weighted by atomic mass is 9.87. The van der Waals surface area contributed by atoms with Gasteiger partial charge in [0.15, 0.2) is 0 Å². The Hall–Kier alpha value is -0.870. The number of hydrogen-bond donors (Lipinski definition) is 2. The van der Waals surface area contributed by atoms with Crippen LogP contribution in [-0.2, 0) is 9.53 Å². The summed E-state index contributed by atoms with van der Waals surface area (Å²) in [6.07, 6.45) is 7.30. The molecular formula is C11H20N2O2. The number of carbonyl (C=O) groups is 1. The largest absolute Gasteiger partial charge is 0.383 e. The van der Waals surface area contributed by atoms with Crippen molar-refractivity contribution in [3.8, 4) is 0 Å². The molecule has 0 aromatic heterocycles. The van der Waals surface area contributed by atoms with Crippen LogP contribution < -0.4 is 11.1 Å². The van der Waals surface area contributed by atoms with Crippen LogP contribution in [0.5, 0.6) is 0 Å². The molecule has 2 unspecified atom stereocenters. The molecular weight excluding hydrogens is 192 g/mol. The van der Waals surface area contributed by atoms with E-state index in [0.29, 0.717) is 19.1 Å². The average Bonchev–Trinajstić information content (AvgIpc) is 2.25. The first-order valence-electron chi connectivity index (χ1n) is 5.42. The number of amides is 1. The van der Waals surface area contributed by atoms with Gasteiger partial charge >= 0.3 is 0 Å². The smallest absolute Gasteiger partial charge is 0.234 e. The number of rotatable bonds is 6. The van der Waals surface area contributed by atoms with Crippen LogP contribution in [0.3, 0.4) is 0 Å². The average molecular weight is 212 g/mol. The summed E-state index contributed by atoms with van der Waals surface area (Å²) in [5, 5.41) is 3.16. The number of nitrogens with two attached hydrogens (primary N) is 1. The molecule has 15 heavy (non-hydrogen) atoms. The first-order chi connectivity index (χ1) is 7.25. The summed E-state index contributed by atoms with van der Waals surface area (Å²) in [5.74, 6) is 0.0794. The molecule has 0 aromatic carbocycles. The van der Waals surface area contributed by atoms with Crippen molar-refractivity contribution >= 4 is 5.91 Å². The maximum Gasteiger partial charge on any atom is 0.234 e. The van der Waals surface area contributed by atoms with Crippen molar-refractivity contribution in [2.24, 2.45) is 11.7 Å². The number of primary amides is 1. The number of methoxy groups -OCH3 is 1. The predicted octanol–water partition coefficient (Wildman–Crippen LogP) is 0.433. The van der Waals surface area contributed by atoms with Crippen LogP contribution in [-0.4, -0.2) is 32.2 Å². The van der Waals surface area contributed by atoms with Crippen molar-refractivity contribution in [3.63, 3.8) is 0 Å². The van der Waals surface area contributed by atoms with Gasteiger partial charge in [-0.25, -0.2) is 0 Å². The van der Waals surface area contributed by atoms with Crippen LogP contribution in [0.25, 0.3) is 0 Å². The highest BCUT2D eigenvalue weighted by Crippen LogP contribution is 2.21. The SMILES string of the molecule is COCCNC(C(N)=O)C1CC=CCC1. The molecule has 0 heterocycles. The molecule has 86 valence electrons. The van der Waals surface area contributed by atoms with E-state index in [9.17, 15) is 4.79 Å². The van der Waals surface area contributed by atoms with Gasteiger partial charge < -0.3 is 15.8 Å². The monoisotopic (exact) mass is 212 g/mol. The molecule has 3 N–H and O–H groups in total. The second kappa shape index (κ2) is 6.58. The van der Waals surface area contributed by atoms with Crippen molar-refractivity contribution in [2.75, 3.05) is 20.3 Å². The fraction of sp³-hybridized carbons (Fsp3) is 0.727. The van der Waals surface area contributed by atoms with Crippen LogP contribution in [0.1, 0.15) is 19.3 Å². The molecule has 1 amide bonds. The lowest BCUT2D eigenvalue weighted by Crippen LogP contribution is -2.47. The second-order valence-electron chi connectivity index (χ2n) is 3.87. The van der Waals surface area contributed by atoms with Crippen LogP contribution >= 0.6 is 0 Å². The Morgan fingerprint density at radius 2 is 2.47 bits per heavy atom. The Labute approximate surface area is 90.9 Å². The summed E-state index contributed by atoms with van der Waals surface area (Å²) < 4.78 is 4.93. The van der Waals surface area contributed by atoms with Crippen molar-refractivity contribution < 1.29 is 9.53 Å². The Bertz CT molecular complexity index is 229. The van der Waals surface area contributed by atoms with Crippen LogP contribution in [0.2, 0.25) is 0 Å². The highest BCUT2D eigenvalue weighted by atomic mass is 16.5. The Morgan fingerprint density at radius 3 is 3.00 bits per heavy atom. The molecule has 0 aromatic rings. The van der Waals surface area contributed by atoms with Crippen molar-refractivity contribution in [3.05, 3.63) is 12.2 Å². The standard InChI is InChI=1S/C11H20N2O2/c1-15-8-7-13-10(11(12)14)9-5-3-2-4-6-9/h2-3,9-10,13H,4-8H2,1H3,(H2,12,14).